The van der Waals surface area contributed by atoms with Crippen molar-refractivity contribution >= 4 is 11.7 Å². The Hall–Kier alpha value is -2.74. The van der Waals surface area contributed by atoms with E-state index in [1.54, 1.807) is 38.2 Å². The van der Waals surface area contributed by atoms with E-state index in [-0.39, 0.29) is 12.4 Å². The average Bonchev–Trinajstić information content (AvgIpc) is 3.12. The number of furan rings is 1. The number of aryl methyl sites for hydroxylation is 2. The second-order valence-electron chi connectivity index (χ2n) is 5.60. The van der Waals surface area contributed by atoms with Gasteiger partial charge in [-0.3, -0.25) is 4.79 Å². The molecule has 1 atom stereocenters. The van der Waals surface area contributed by atoms with Crippen LogP contribution in [0.3, 0.4) is 0 Å². The summed E-state index contributed by atoms with van der Waals surface area (Å²) in [6, 6.07) is 5.20. The summed E-state index contributed by atoms with van der Waals surface area (Å²) in [5.74, 6) is 0.936. The number of carbonyl (C=O) groups is 1. The van der Waals surface area contributed by atoms with Gasteiger partial charge in [0.2, 0.25) is 5.82 Å². The van der Waals surface area contributed by atoms with Crippen LogP contribution in [0.15, 0.2) is 28.8 Å². The Bertz CT molecular complexity index is 865. The van der Waals surface area contributed by atoms with Gasteiger partial charge in [0.1, 0.15) is 17.1 Å². The summed E-state index contributed by atoms with van der Waals surface area (Å²) in [4.78, 5) is 20.3. The third-order valence-corrected chi connectivity index (χ3v) is 3.50. The number of hydrogen-bond acceptors (Lipinski definition) is 6. The lowest BCUT2D eigenvalue weighted by molar-refractivity contribution is 0.0322. The lowest BCUT2D eigenvalue weighted by Crippen LogP contribution is -2.38. The first-order valence-electron chi connectivity index (χ1n) is 7.13. The number of carbonyl (C=O) groups excluding carboxylic acids is 1. The highest BCUT2D eigenvalue weighted by molar-refractivity contribution is 5.90. The van der Waals surface area contributed by atoms with Crippen LogP contribution >= 0.6 is 0 Å². The standard InChI is InChI=1S/C15H17N5O3/c1-9-6-7-16-14-18-12(19-20(9)14)13(21)17-8-15(3,22)11-5-4-10(2)23-11/h4-7,22H,8H2,1-3H3,(H,17,21). The van der Waals surface area contributed by atoms with Gasteiger partial charge >= 0.3 is 0 Å². The Labute approximate surface area is 132 Å². The first-order valence-corrected chi connectivity index (χ1v) is 7.13. The maximum atomic E-state index is 12.2. The number of aliphatic hydroxyl groups is 1. The Kier molecular flexibility index (Phi) is 3.61. The Morgan fingerprint density at radius 2 is 2.17 bits per heavy atom. The average molecular weight is 315 g/mol. The Morgan fingerprint density at radius 1 is 1.39 bits per heavy atom. The maximum Gasteiger partial charge on any atom is 0.291 e. The summed E-state index contributed by atoms with van der Waals surface area (Å²) in [6.07, 6.45) is 1.60. The van der Waals surface area contributed by atoms with Crippen molar-refractivity contribution in [1.82, 2.24) is 24.9 Å². The van der Waals surface area contributed by atoms with Crippen LogP contribution in [0.25, 0.3) is 5.78 Å². The van der Waals surface area contributed by atoms with E-state index in [9.17, 15) is 9.90 Å². The highest BCUT2D eigenvalue weighted by atomic mass is 16.4. The molecule has 23 heavy (non-hydrogen) atoms. The summed E-state index contributed by atoms with van der Waals surface area (Å²) < 4.78 is 6.89. The zero-order valence-corrected chi connectivity index (χ0v) is 13.1. The van der Waals surface area contributed by atoms with E-state index in [1.165, 1.54) is 4.52 Å². The Balaban J connectivity index is 1.74. The zero-order chi connectivity index (χ0) is 16.6. The number of rotatable bonds is 4. The van der Waals surface area contributed by atoms with Crippen molar-refractivity contribution in [1.29, 1.82) is 0 Å². The van der Waals surface area contributed by atoms with Crippen LogP contribution in [0.2, 0.25) is 0 Å². The molecule has 3 aromatic heterocycles. The second kappa shape index (κ2) is 5.47. The molecule has 0 aromatic carbocycles. The number of hydrogen-bond donors (Lipinski definition) is 2. The van der Waals surface area contributed by atoms with Crippen LogP contribution in [-0.2, 0) is 5.60 Å². The van der Waals surface area contributed by atoms with Crippen molar-refractivity contribution < 1.29 is 14.3 Å². The van der Waals surface area contributed by atoms with Crippen molar-refractivity contribution in [3.05, 3.63) is 47.4 Å². The van der Waals surface area contributed by atoms with Crippen LogP contribution in [0.5, 0.6) is 0 Å². The first-order chi connectivity index (χ1) is 10.9. The van der Waals surface area contributed by atoms with Gasteiger partial charge in [0, 0.05) is 11.9 Å². The predicted molar refractivity (Wildman–Crippen MR) is 80.9 cm³/mol. The van der Waals surface area contributed by atoms with E-state index >= 15 is 0 Å². The predicted octanol–water partition coefficient (Wildman–Crippen LogP) is 0.972. The zero-order valence-electron chi connectivity index (χ0n) is 13.1. The molecule has 0 saturated heterocycles. The van der Waals surface area contributed by atoms with Crippen molar-refractivity contribution in [2.24, 2.45) is 0 Å². The largest absolute Gasteiger partial charge is 0.463 e. The van der Waals surface area contributed by atoms with E-state index in [0.29, 0.717) is 17.3 Å². The molecule has 0 spiro atoms. The summed E-state index contributed by atoms with van der Waals surface area (Å²) >= 11 is 0. The molecular formula is C15H17N5O3. The summed E-state index contributed by atoms with van der Waals surface area (Å²) in [6.45, 7) is 5.16. The fourth-order valence-corrected chi connectivity index (χ4v) is 2.15. The molecule has 0 fully saturated rings. The molecule has 0 bridgehead atoms. The molecule has 1 amide bonds. The minimum atomic E-state index is -1.32. The molecule has 3 rings (SSSR count). The van der Waals surface area contributed by atoms with E-state index in [1.807, 2.05) is 6.92 Å². The number of amides is 1. The monoisotopic (exact) mass is 315 g/mol. The molecular weight excluding hydrogens is 298 g/mol. The molecule has 8 nitrogen and oxygen atoms in total. The fraction of sp³-hybridized carbons (Fsp3) is 0.333. The van der Waals surface area contributed by atoms with Gasteiger partial charge in [-0.25, -0.2) is 9.50 Å². The van der Waals surface area contributed by atoms with E-state index < -0.39 is 11.5 Å². The van der Waals surface area contributed by atoms with Crippen LogP contribution in [0.1, 0.15) is 34.8 Å². The molecule has 1 unspecified atom stereocenters. The minimum Gasteiger partial charge on any atom is -0.463 e. The van der Waals surface area contributed by atoms with Gasteiger partial charge in [-0.05, 0) is 39.0 Å². The van der Waals surface area contributed by atoms with Crippen molar-refractivity contribution in [3.63, 3.8) is 0 Å². The van der Waals surface area contributed by atoms with Crippen LogP contribution in [0.4, 0.5) is 0 Å². The van der Waals surface area contributed by atoms with Gasteiger partial charge in [-0.2, -0.15) is 4.98 Å². The summed E-state index contributed by atoms with van der Waals surface area (Å²) in [7, 11) is 0. The molecule has 0 aliphatic rings. The summed E-state index contributed by atoms with van der Waals surface area (Å²) in [5, 5.41) is 17.1. The second-order valence-corrected chi connectivity index (χ2v) is 5.60. The lowest BCUT2D eigenvalue weighted by Gasteiger charge is -2.20. The third-order valence-electron chi connectivity index (χ3n) is 3.50. The number of fused-ring (bicyclic) bond motifs is 1. The molecule has 3 aromatic rings. The van der Waals surface area contributed by atoms with Crippen LogP contribution < -0.4 is 5.32 Å². The van der Waals surface area contributed by atoms with E-state index in [0.717, 1.165) is 5.69 Å². The third kappa shape index (κ3) is 2.93. The van der Waals surface area contributed by atoms with Gasteiger partial charge in [0.15, 0.2) is 0 Å². The van der Waals surface area contributed by atoms with Gasteiger partial charge in [0.25, 0.3) is 11.7 Å². The maximum absolute atomic E-state index is 12.2. The topological polar surface area (TPSA) is 106 Å². The van der Waals surface area contributed by atoms with E-state index in [4.69, 9.17) is 4.42 Å². The number of nitrogens with zero attached hydrogens (tertiary/aromatic N) is 4. The van der Waals surface area contributed by atoms with Crippen molar-refractivity contribution in [3.8, 4) is 0 Å². The van der Waals surface area contributed by atoms with Gasteiger partial charge in [0.05, 0.1) is 6.54 Å². The normalized spacial score (nSPS) is 13.9. The fourth-order valence-electron chi connectivity index (χ4n) is 2.15. The SMILES string of the molecule is Cc1ccc(C(C)(O)CNC(=O)c2nc3nccc(C)n3n2)o1. The quantitative estimate of drug-likeness (QED) is 0.743. The molecule has 0 aliphatic heterocycles. The smallest absolute Gasteiger partial charge is 0.291 e. The molecule has 0 radical (unpaired) electrons. The van der Waals surface area contributed by atoms with Crippen molar-refractivity contribution in [2.75, 3.05) is 6.54 Å². The molecule has 0 saturated carbocycles. The van der Waals surface area contributed by atoms with Gasteiger partial charge < -0.3 is 14.8 Å². The lowest BCUT2D eigenvalue weighted by atomic mass is 10.0. The minimum absolute atomic E-state index is 0.00164. The number of aromatic nitrogens is 4. The van der Waals surface area contributed by atoms with Gasteiger partial charge in [-0.1, -0.05) is 0 Å². The van der Waals surface area contributed by atoms with Crippen LogP contribution in [-0.4, -0.2) is 37.1 Å². The highest BCUT2D eigenvalue weighted by Gasteiger charge is 2.28. The van der Waals surface area contributed by atoms with E-state index in [2.05, 4.69) is 20.4 Å². The Morgan fingerprint density at radius 3 is 2.83 bits per heavy atom. The number of nitrogens with one attached hydrogen (secondary N) is 1. The molecule has 120 valence electrons. The molecule has 3 heterocycles. The molecule has 8 heteroatoms. The first kappa shape index (κ1) is 15.2. The van der Waals surface area contributed by atoms with Gasteiger partial charge in [-0.15, -0.1) is 5.10 Å². The van der Waals surface area contributed by atoms with Crippen LogP contribution in [0, 0.1) is 13.8 Å². The molecule has 0 aliphatic carbocycles. The summed E-state index contributed by atoms with van der Waals surface area (Å²) in [5.41, 5.74) is -0.503. The molecule has 2 N–H and O–H groups in total. The highest BCUT2D eigenvalue weighted by Crippen LogP contribution is 2.21. The van der Waals surface area contributed by atoms with Crippen molar-refractivity contribution in [2.45, 2.75) is 26.4 Å².